The van der Waals surface area contributed by atoms with E-state index in [1.807, 2.05) is 55.5 Å². The number of oxazole rings is 1. The van der Waals surface area contributed by atoms with Crippen LogP contribution < -0.4 is 15.4 Å². The van der Waals surface area contributed by atoms with Crippen molar-refractivity contribution in [2.45, 2.75) is 33.4 Å². The molecule has 7 nitrogen and oxygen atoms in total. The van der Waals surface area contributed by atoms with Gasteiger partial charge in [-0.2, -0.15) is 0 Å². The number of benzene rings is 2. The lowest BCUT2D eigenvalue weighted by atomic mass is 10.1. The first-order chi connectivity index (χ1) is 15.7. The van der Waals surface area contributed by atoms with Crippen molar-refractivity contribution in [2.75, 3.05) is 26.9 Å². The number of nitrogens with zero attached hydrogens (tertiary/aromatic N) is 2. The van der Waals surface area contributed by atoms with Gasteiger partial charge in [-0.1, -0.05) is 29.8 Å². The lowest BCUT2D eigenvalue weighted by Crippen LogP contribution is -2.38. The van der Waals surface area contributed by atoms with Gasteiger partial charge in [-0.05, 0) is 50.1 Å². The first kappa shape index (κ1) is 23.3. The second-order valence-electron chi connectivity index (χ2n) is 7.35. The molecule has 3 rings (SSSR count). The zero-order valence-electron chi connectivity index (χ0n) is 19.1. The van der Waals surface area contributed by atoms with Gasteiger partial charge in [-0.15, -0.1) is 0 Å². The molecule has 0 saturated heterocycles. The summed E-state index contributed by atoms with van der Waals surface area (Å²) in [5.74, 6) is 2.17. The quantitative estimate of drug-likeness (QED) is 0.265. The Hall–Kier alpha value is -3.32. The summed E-state index contributed by atoms with van der Waals surface area (Å²) < 4.78 is 16.3. The minimum atomic E-state index is 0.509. The van der Waals surface area contributed by atoms with Crippen LogP contribution in [0.2, 0.25) is 0 Å². The third-order valence-electron chi connectivity index (χ3n) is 4.83. The Balaban J connectivity index is 1.60. The number of aromatic nitrogens is 1. The Morgan fingerprint density at radius 1 is 1.06 bits per heavy atom. The molecule has 3 aromatic rings. The predicted octanol–water partition coefficient (Wildman–Crippen LogP) is 4.32. The fourth-order valence-corrected chi connectivity index (χ4v) is 2.99. The molecule has 0 radical (unpaired) electrons. The van der Waals surface area contributed by atoms with Gasteiger partial charge in [0.25, 0.3) is 0 Å². The highest BCUT2D eigenvalue weighted by atomic mass is 16.5. The van der Waals surface area contributed by atoms with Crippen molar-refractivity contribution in [1.29, 1.82) is 0 Å². The van der Waals surface area contributed by atoms with Crippen LogP contribution in [0.4, 0.5) is 0 Å². The first-order valence-corrected chi connectivity index (χ1v) is 10.9. The average Bonchev–Trinajstić information content (AvgIpc) is 3.30. The van der Waals surface area contributed by atoms with E-state index in [1.54, 1.807) is 13.4 Å². The molecule has 7 heteroatoms. The van der Waals surface area contributed by atoms with Crippen molar-refractivity contribution in [3.05, 3.63) is 71.6 Å². The van der Waals surface area contributed by atoms with E-state index in [4.69, 9.17) is 18.9 Å². The third kappa shape index (κ3) is 7.42. The van der Waals surface area contributed by atoms with E-state index in [1.165, 1.54) is 5.56 Å². The summed E-state index contributed by atoms with van der Waals surface area (Å²) in [6.07, 6.45) is 2.58. The van der Waals surface area contributed by atoms with Gasteiger partial charge in [-0.3, -0.25) is 0 Å². The van der Waals surface area contributed by atoms with Crippen molar-refractivity contribution < 1.29 is 13.9 Å². The van der Waals surface area contributed by atoms with E-state index < -0.39 is 0 Å². The number of methoxy groups -OCH3 is 1. The van der Waals surface area contributed by atoms with E-state index in [9.17, 15) is 0 Å². The fourth-order valence-electron chi connectivity index (χ4n) is 2.99. The van der Waals surface area contributed by atoms with Crippen molar-refractivity contribution in [3.63, 3.8) is 0 Å². The SMILES string of the molecule is CCOCCCNC(=NCc1ccc(OC)cc1)NCc1coc(-c2ccc(C)cc2)n1. The van der Waals surface area contributed by atoms with Crippen LogP contribution in [-0.2, 0) is 17.8 Å². The van der Waals surface area contributed by atoms with Crippen molar-refractivity contribution in [1.82, 2.24) is 15.6 Å². The van der Waals surface area contributed by atoms with Crippen LogP contribution in [0.1, 0.15) is 30.2 Å². The topological polar surface area (TPSA) is 80.9 Å². The highest BCUT2D eigenvalue weighted by Crippen LogP contribution is 2.19. The first-order valence-electron chi connectivity index (χ1n) is 10.9. The summed E-state index contributed by atoms with van der Waals surface area (Å²) in [7, 11) is 1.66. The van der Waals surface area contributed by atoms with Crippen LogP contribution in [-0.4, -0.2) is 37.8 Å². The molecule has 2 N–H and O–H groups in total. The van der Waals surface area contributed by atoms with Crippen molar-refractivity contribution in [3.8, 4) is 17.2 Å². The number of hydrogen-bond donors (Lipinski definition) is 2. The Morgan fingerprint density at radius 3 is 2.56 bits per heavy atom. The molecule has 0 aliphatic heterocycles. The molecule has 1 heterocycles. The standard InChI is InChI=1S/C25H32N4O3/c1-4-31-15-5-14-26-25(27-16-20-8-12-23(30-3)13-9-20)28-17-22-18-32-24(29-22)21-10-6-19(2)7-11-21/h6-13,18H,4-5,14-17H2,1-3H3,(H2,26,27,28). The maximum Gasteiger partial charge on any atom is 0.226 e. The highest BCUT2D eigenvalue weighted by molar-refractivity contribution is 5.79. The summed E-state index contributed by atoms with van der Waals surface area (Å²) in [4.78, 5) is 9.31. The van der Waals surface area contributed by atoms with Crippen molar-refractivity contribution in [2.24, 2.45) is 4.99 Å². The molecule has 170 valence electrons. The molecule has 0 fully saturated rings. The zero-order chi connectivity index (χ0) is 22.6. The third-order valence-corrected chi connectivity index (χ3v) is 4.83. The van der Waals surface area contributed by atoms with Gasteiger partial charge in [0, 0.05) is 25.3 Å². The maximum atomic E-state index is 5.66. The minimum absolute atomic E-state index is 0.509. The van der Waals surface area contributed by atoms with Crippen LogP contribution in [0.25, 0.3) is 11.5 Å². The van der Waals surface area contributed by atoms with Crippen LogP contribution in [0.5, 0.6) is 5.75 Å². The minimum Gasteiger partial charge on any atom is -0.497 e. The molecular weight excluding hydrogens is 404 g/mol. The van der Waals surface area contributed by atoms with E-state index in [-0.39, 0.29) is 0 Å². The smallest absolute Gasteiger partial charge is 0.226 e. The molecule has 0 atom stereocenters. The largest absolute Gasteiger partial charge is 0.497 e. The molecule has 32 heavy (non-hydrogen) atoms. The number of rotatable bonds is 11. The van der Waals surface area contributed by atoms with Crippen LogP contribution in [0, 0.1) is 6.92 Å². The number of aliphatic imine (C=N–C) groups is 1. The molecule has 0 bridgehead atoms. The zero-order valence-corrected chi connectivity index (χ0v) is 19.1. The second-order valence-corrected chi connectivity index (χ2v) is 7.35. The van der Waals surface area contributed by atoms with E-state index in [2.05, 4.69) is 22.5 Å². The van der Waals surface area contributed by atoms with Gasteiger partial charge in [0.05, 0.1) is 25.9 Å². The number of ether oxygens (including phenoxy) is 2. The summed E-state index contributed by atoms with van der Waals surface area (Å²) in [5, 5.41) is 6.71. The molecule has 0 amide bonds. The van der Waals surface area contributed by atoms with Gasteiger partial charge < -0.3 is 24.5 Å². The highest BCUT2D eigenvalue weighted by Gasteiger charge is 2.08. The maximum absolute atomic E-state index is 5.66. The molecular formula is C25H32N4O3. The molecule has 1 aromatic heterocycles. The second kappa shape index (κ2) is 12.5. The van der Waals surface area contributed by atoms with Gasteiger partial charge in [0.1, 0.15) is 12.0 Å². The predicted molar refractivity (Wildman–Crippen MR) is 127 cm³/mol. The number of nitrogens with one attached hydrogen (secondary N) is 2. The summed E-state index contributed by atoms with van der Waals surface area (Å²) >= 11 is 0. The number of hydrogen-bond acceptors (Lipinski definition) is 5. The van der Waals surface area contributed by atoms with E-state index in [0.29, 0.717) is 19.0 Å². The Kier molecular flexibility index (Phi) is 9.13. The van der Waals surface area contributed by atoms with Gasteiger partial charge in [0.15, 0.2) is 5.96 Å². The Morgan fingerprint density at radius 2 is 1.84 bits per heavy atom. The van der Waals surface area contributed by atoms with Gasteiger partial charge >= 0.3 is 0 Å². The van der Waals surface area contributed by atoms with Crippen LogP contribution in [0.15, 0.2) is 64.2 Å². The molecule has 0 aliphatic rings. The Bertz CT molecular complexity index is 966. The average molecular weight is 437 g/mol. The van der Waals surface area contributed by atoms with Gasteiger partial charge in [0.2, 0.25) is 5.89 Å². The number of guanidine groups is 1. The van der Waals surface area contributed by atoms with Gasteiger partial charge in [-0.25, -0.2) is 9.98 Å². The van der Waals surface area contributed by atoms with Crippen LogP contribution in [0.3, 0.4) is 0 Å². The van der Waals surface area contributed by atoms with E-state index in [0.717, 1.165) is 54.7 Å². The fraction of sp³-hybridized carbons (Fsp3) is 0.360. The van der Waals surface area contributed by atoms with Crippen LogP contribution >= 0.6 is 0 Å². The van der Waals surface area contributed by atoms with Crippen molar-refractivity contribution >= 4 is 5.96 Å². The molecule has 0 spiro atoms. The summed E-state index contributed by atoms with van der Waals surface area (Å²) in [6.45, 7) is 7.34. The monoisotopic (exact) mass is 436 g/mol. The normalized spacial score (nSPS) is 11.4. The summed E-state index contributed by atoms with van der Waals surface area (Å²) in [5.41, 5.74) is 4.08. The lowest BCUT2D eigenvalue weighted by molar-refractivity contribution is 0.145. The molecule has 0 aliphatic carbocycles. The molecule has 0 saturated carbocycles. The molecule has 0 unspecified atom stereocenters. The number of aryl methyl sites for hydroxylation is 1. The lowest BCUT2D eigenvalue weighted by Gasteiger charge is -2.12. The summed E-state index contributed by atoms with van der Waals surface area (Å²) in [6, 6.07) is 16.0. The molecule has 2 aromatic carbocycles. The Labute approximate surface area is 189 Å². The van der Waals surface area contributed by atoms with E-state index >= 15 is 0 Å².